The van der Waals surface area contributed by atoms with Crippen molar-refractivity contribution >= 4 is 21.8 Å². The maximum atomic E-state index is 12.2. The number of nitrogens with one attached hydrogen (secondary N) is 1. The molecule has 0 aliphatic carbocycles. The van der Waals surface area contributed by atoms with Crippen molar-refractivity contribution in [1.82, 2.24) is 5.32 Å². The number of halogens is 1. The van der Waals surface area contributed by atoms with E-state index in [4.69, 9.17) is 10.5 Å². The predicted molar refractivity (Wildman–Crippen MR) is 89.3 cm³/mol. The molecule has 0 saturated heterocycles. The Morgan fingerprint density at radius 3 is 2.57 bits per heavy atom. The minimum absolute atomic E-state index is 0.125. The van der Waals surface area contributed by atoms with Gasteiger partial charge in [0, 0.05) is 21.6 Å². The van der Waals surface area contributed by atoms with Crippen LogP contribution in [0.2, 0.25) is 0 Å². The first-order valence-electron chi connectivity index (χ1n) is 7.20. The minimum Gasteiger partial charge on any atom is -0.481 e. The van der Waals surface area contributed by atoms with E-state index >= 15 is 0 Å². The van der Waals surface area contributed by atoms with Gasteiger partial charge >= 0.3 is 0 Å². The molecular weight excluding hydrogens is 332 g/mol. The Bertz CT molecular complexity index is 501. The van der Waals surface area contributed by atoms with Gasteiger partial charge in [-0.1, -0.05) is 22.9 Å². The fourth-order valence-corrected chi connectivity index (χ4v) is 2.13. The van der Waals surface area contributed by atoms with Crippen LogP contribution in [0.4, 0.5) is 0 Å². The molecule has 1 unspecified atom stereocenters. The summed E-state index contributed by atoms with van der Waals surface area (Å²) in [7, 11) is 0. The molecule has 0 fully saturated rings. The van der Waals surface area contributed by atoms with E-state index in [2.05, 4.69) is 21.2 Å². The van der Waals surface area contributed by atoms with Gasteiger partial charge in [0.05, 0.1) is 0 Å². The van der Waals surface area contributed by atoms with E-state index in [1.54, 1.807) is 6.92 Å². The van der Waals surface area contributed by atoms with Crippen molar-refractivity contribution in [3.8, 4) is 5.75 Å². The average Bonchev–Trinajstić information content (AvgIpc) is 2.40. The number of nitrogens with two attached hydrogens (primary N) is 1. The van der Waals surface area contributed by atoms with Crippen molar-refractivity contribution in [2.75, 3.05) is 0 Å². The fraction of sp³-hybridized carbons (Fsp3) is 0.562. The SMILES string of the molecule is CCC(C)(C)NC(=O)C(C)Oc1ccc(Br)cc1[C@H](C)N. The minimum atomic E-state index is -0.575. The summed E-state index contributed by atoms with van der Waals surface area (Å²) < 4.78 is 6.74. The van der Waals surface area contributed by atoms with E-state index < -0.39 is 6.10 Å². The van der Waals surface area contributed by atoms with Gasteiger partial charge in [0.15, 0.2) is 6.10 Å². The lowest BCUT2D eigenvalue weighted by molar-refractivity contribution is -0.129. The van der Waals surface area contributed by atoms with Crippen LogP contribution in [0.3, 0.4) is 0 Å². The number of ether oxygens (including phenoxy) is 1. The van der Waals surface area contributed by atoms with Crippen LogP contribution in [0.5, 0.6) is 5.75 Å². The van der Waals surface area contributed by atoms with Gasteiger partial charge in [-0.15, -0.1) is 0 Å². The van der Waals surface area contributed by atoms with Crippen LogP contribution < -0.4 is 15.8 Å². The monoisotopic (exact) mass is 356 g/mol. The van der Waals surface area contributed by atoms with Gasteiger partial charge in [-0.2, -0.15) is 0 Å². The van der Waals surface area contributed by atoms with Gasteiger partial charge in [-0.05, 0) is 52.3 Å². The van der Waals surface area contributed by atoms with Crippen LogP contribution >= 0.6 is 15.9 Å². The maximum Gasteiger partial charge on any atom is 0.261 e. The van der Waals surface area contributed by atoms with E-state index in [9.17, 15) is 4.79 Å². The Hall–Kier alpha value is -1.07. The van der Waals surface area contributed by atoms with Crippen molar-refractivity contribution in [2.24, 2.45) is 5.73 Å². The molecule has 21 heavy (non-hydrogen) atoms. The zero-order valence-electron chi connectivity index (χ0n) is 13.4. The maximum absolute atomic E-state index is 12.2. The van der Waals surface area contributed by atoms with Crippen molar-refractivity contribution < 1.29 is 9.53 Å². The molecule has 0 radical (unpaired) electrons. The molecule has 1 rings (SSSR count). The van der Waals surface area contributed by atoms with E-state index in [1.807, 2.05) is 45.9 Å². The third-order valence-electron chi connectivity index (χ3n) is 3.48. The number of carbonyl (C=O) groups is 1. The Labute approximate surface area is 135 Å². The van der Waals surface area contributed by atoms with Crippen molar-refractivity contribution in [2.45, 2.75) is 58.7 Å². The standard InChI is InChI=1S/C16H25BrN2O2/c1-6-16(4,5)19-15(20)11(3)21-14-8-7-12(17)9-13(14)10(2)18/h7-11H,6,18H2,1-5H3,(H,19,20)/t10-,11?/m0/s1. The molecule has 0 aliphatic rings. The van der Waals surface area contributed by atoms with Crippen molar-refractivity contribution in [3.63, 3.8) is 0 Å². The summed E-state index contributed by atoms with van der Waals surface area (Å²) in [6, 6.07) is 5.46. The Balaban J connectivity index is 2.84. The topological polar surface area (TPSA) is 64.3 Å². The summed E-state index contributed by atoms with van der Waals surface area (Å²) in [6.45, 7) is 9.65. The summed E-state index contributed by atoms with van der Waals surface area (Å²) in [4.78, 5) is 12.2. The lowest BCUT2D eigenvalue weighted by Gasteiger charge is -2.27. The van der Waals surface area contributed by atoms with Crippen LogP contribution in [-0.2, 0) is 4.79 Å². The van der Waals surface area contributed by atoms with E-state index in [-0.39, 0.29) is 17.5 Å². The smallest absolute Gasteiger partial charge is 0.261 e. The second-order valence-corrected chi connectivity index (χ2v) is 6.87. The normalized spacial score (nSPS) is 14.4. The first-order chi connectivity index (χ1) is 9.66. The molecule has 4 nitrogen and oxygen atoms in total. The number of amides is 1. The van der Waals surface area contributed by atoms with E-state index in [0.29, 0.717) is 5.75 Å². The van der Waals surface area contributed by atoms with Gasteiger partial charge in [0.2, 0.25) is 0 Å². The molecule has 0 aromatic heterocycles. The molecule has 0 saturated carbocycles. The third-order valence-corrected chi connectivity index (χ3v) is 3.97. The number of rotatable bonds is 6. The second-order valence-electron chi connectivity index (χ2n) is 5.96. The summed E-state index contributed by atoms with van der Waals surface area (Å²) in [5.74, 6) is 0.519. The van der Waals surface area contributed by atoms with Crippen LogP contribution in [0.15, 0.2) is 22.7 Å². The highest BCUT2D eigenvalue weighted by Gasteiger charge is 2.23. The molecule has 1 amide bonds. The highest BCUT2D eigenvalue weighted by Crippen LogP contribution is 2.28. The third kappa shape index (κ3) is 5.32. The molecule has 0 spiro atoms. The molecule has 1 aromatic rings. The second kappa shape index (κ2) is 7.27. The molecule has 118 valence electrons. The van der Waals surface area contributed by atoms with Gasteiger partial charge < -0.3 is 15.8 Å². The van der Waals surface area contributed by atoms with Crippen LogP contribution in [0.25, 0.3) is 0 Å². The molecule has 2 atom stereocenters. The van der Waals surface area contributed by atoms with Crippen LogP contribution in [0.1, 0.15) is 52.6 Å². The summed E-state index contributed by atoms with van der Waals surface area (Å²) >= 11 is 3.42. The van der Waals surface area contributed by atoms with Crippen molar-refractivity contribution in [3.05, 3.63) is 28.2 Å². The summed E-state index contributed by atoms with van der Waals surface area (Å²) in [5, 5.41) is 2.98. The Morgan fingerprint density at radius 2 is 2.05 bits per heavy atom. The molecule has 0 bridgehead atoms. The molecule has 0 heterocycles. The fourth-order valence-electron chi connectivity index (χ4n) is 1.75. The molecule has 5 heteroatoms. The van der Waals surface area contributed by atoms with Crippen molar-refractivity contribution in [1.29, 1.82) is 0 Å². The van der Waals surface area contributed by atoms with Gasteiger partial charge in [0.1, 0.15) is 5.75 Å². The zero-order chi connectivity index (χ0) is 16.2. The number of benzene rings is 1. The first kappa shape index (κ1) is 18.0. The molecule has 1 aromatic carbocycles. The van der Waals surface area contributed by atoms with Gasteiger partial charge in [0.25, 0.3) is 5.91 Å². The lowest BCUT2D eigenvalue weighted by atomic mass is 10.0. The lowest BCUT2D eigenvalue weighted by Crippen LogP contribution is -2.48. The van der Waals surface area contributed by atoms with E-state index in [1.165, 1.54) is 0 Å². The average molecular weight is 357 g/mol. The van der Waals surface area contributed by atoms with E-state index in [0.717, 1.165) is 16.5 Å². The predicted octanol–water partition coefficient (Wildman–Crippen LogP) is 3.54. The molecular formula is C16H25BrN2O2. The summed E-state index contributed by atoms with van der Waals surface area (Å²) in [5.41, 5.74) is 6.59. The van der Waals surface area contributed by atoms with Crippen LogP contribution in [-0.4, -0.2) is 17.6 Å². The zero-order valence-corrected chi connectivity index (χ0v) is 15.0. The first-order valence-corrected chi connectivity index (χ1v) is 7.99. The largest absolute Gasteiger partial charge is 0.481 e. The highest BCUT2D eigenvalue weighted by molar-refractivity contribution is 9.10. The Morgan fingerprint density at radius 1 is 1.43 bits per heavy atom. The summed E-state index contributed by atoms with van der Waals surface area (Å²) in [6.07, 6.45) is 0.281. The molecule has 0 aliphatic heterocycles. The molecule has 3 N–H and O–H groups in total. The number of hydrogen-bond acceptors (Lipinski definition) is 3. The number of hydrogen-bond donors (Lipinski definition) is 2. The quantitative estimate of drug-likeness (QED) is 0.819. The Kier molecular flexibility index (Phi) is 6.23. The van der Waals surface area contributed by atoms with Gasteiger partial charge in [-0.3, -0.25) is 4.79 Å². The van der Waals surface area contributed by atoms with Crippen LogP contribution in [0, 0.1) is 0 Å². The highest BCUT2D eigenvalue weighted by atomic mass is 79.9. The van der Waals surface area contributed by atoms with Gasteiger partial charge in [-0.25, -0.2) is 0 Å². The number of carbonyl (C=O) groups excluding carboxylic acids is 1.